The third-order valence-corrected chi connectivity index (χ3v) is 6.14. The smallest absolute Gasteiger partial charge is 0.160 e. The number of methoxy groups -OCH3 is 1. The van der Waals surface area contributed by atoms with Gasteiger partial charge in [0.25, 0.3) is 0 Å². The van der Waals surface area contributed by atoms with Gasteiger partial charge in [0.1, 0.15) is 5.75 Å². The highest BCUT2D eigenvalue weighted by Crippen LogP contribution is 2.37. The van der Waals surface area contributed by atoms with Gasteiger partial charge in [-0.15, -0.1) is 0 Å². The lowest BCUT2D eigenvalue weighted by atomic mass is 9.87. The first-order valence-electron chi connectivity index (χ1n) is 10.1. The molecule has 4 heteroatoms. The van der Waals surface area contributed by atoms with Gasteiger partial charge >= 0.3 is 0 Å². The third-order valence-electron chi connectivity index (χ3n) is 6.14. The van der Waals surface area contributed by atoms with Crippen LogP contribution in [0.2, 0.25) is 0 Å². The van der Waals surface area contributed by atoms with Gasteiger partial charge in [0.05, 0.1) is 13.7 Å². The molecule has 0 saturated carbocycles. The molecular formula is C23H29NO3. The van der Waals surface area contributed by atoms with E-state index in [1.807, 2.05) is 12.1 Å². The summed E-state index contributed by atoms with van der Waals surface area (Å²) in [6.45, 7) is 4.24. The summed E-state index contributed by atoms with van der Waals surface area (Å²) < 4.78 is 10.9. The topological polar surface area (TPSA) is 41.9 Å². The molecule has 2 heterocycles. The van der Waals surface area contributed by atoms with E-state index < -0.39 is 0 Å². The number of hydrogen-bond acceptors (Lipinski definition) is 4. The van der Waals surface area contributed by atoms with Crippen LogP contribution in [-0.2, 0) is 0 Å². The predicted molar refractivity (Wildman–Crippen MR) is 107 cm³/mol. The van der Waals surface area contributed by atoms with Gasteiger partial charge in [0.2, 0.25) is 0 Å². The molecule has 4 rings (SSSR count). The minimum Gasteiger partial charge on any atom is -0.504 e. The van der Waals surface area contributed by atoms with Crippen LogP contribution in [0.5, 0.6) is 17.2 Å². The number of nitrogens with zero attached hydrogens (tertiary/aromatic N) is 1. The molecule has 1 unspecified atom stereocenters. The summed E-state index contributed by atoms with van der Waals surface area (Å²) in [6.07, 6.45) is 4.62. The summed E-state index contributed by atoms with van der Waals surface area (Å²) in [5.41, 5.74) is 2.61. The van der Waals surface area contributed by atoms with E-state index in [9.17, 15) is 5.11 Å². The normalized spacial score (nSPS) is 20.7. The fourth-order valence-corrected chi connectivity index (χ4v) is 4.50. The zero-order valence-electron chi connectivity index (χ0n) is 16.1. The highest BCUT2D eigenvalue weighted by Gasteiger charge is 2.24. The second kappa shape index (κ2) is 8.22. The molecule has 0 radical (unpaired) electrons. The highest BCUT2D eigenvalue weighted by molar-refractivity contribution is 5.43. The number of rotatable bonds is 5. The maximum absolute atomic E-state index is 10.0. The third kappa shape index (κ3) is 4.06. The Morgan fingerprint density at radius 2 is 1.93 bits per heavy atom. The van der Waals surface area contributed by atoms with Gasteiger partial charge in [-0.1, -0.05) is 24.3 Å². The monoisotopic (exact) mass is 367 g/mol. The van der Waals surface area contributed by atoms with Crippen molar-refractivity contribution in [1.29, 1.82) is 0 Å². The summed E-state index contributed by atoms with van der Waals surface area (Å²) in [6, 6.07) is 14.3. The van der Waals surface area contributed by atoms with Crippen LogP contribution < -0.4 is 9.47 Å². The lowest BCUT2D eigenvalue weighted by Gasteiger charge is -2.34. The molecule has 4 nitrogen and oxygen atoms in total. The molecule has 2 aliphatic heterocycles. The van der Waals surface area contributed by atoms with Crippen LogP contribution in [0.15, 0.2) is 42.5 Å². The van der Waals surface area contributed by atoms with Crippen LogP contribution >= 0.6 is 0 Å². The Hall–Kier alpha value is -2.20. The number of ether oxygens (including phenoxy) is 2. The van der Waals surface area contributed by atoms with Gasteiger partial charge in [0, 0.05) is 0 Å². The average Bonchev–Trinajstić information content (AvgIpc) is 2.72. The number of para-hydroxylation sites is 1. The van der Waals surface area contributed by atoms with Crippen molar-refractivity contribution >= 4 is 0 Å². The van der Waals surface area contributed by atoms with E-state index in [4.69, 9.17) is 9.47 Å². The summed E-state index contributed by atoms with van der Waals surface area (Å²) in [7, 11) is 1.59. The first-order valence-corrected chi connectivity index (χ1v) is 10.1. The fourth-order valence-electron chi connectivity index (χ4n) is 4.50. The van der Waals surface area contributed by atoms with Crippen LogP contribution in [0.1, 0.15) is 48.6 Å². The number of phenolic OH excluding ortho intramolecular Hbond substituents is 1. The minimum atomic E-state index is 0.246. The number of fused-ring (bicyclic) bond motifs is 1. The van der Waals surface area contributed by atoms with E-state index in [-0.39, 0.29) is 5.75 Å². The van der Waals surface area contributed by atoms with Crippen molar-refractivity contribution in [3.63, 3.8) is 0 Å². The van der Waals surface area contributed by atoms with Crippen LogP contribution in [-0.4, -0.2) is 43.4 Å². The van der Waals surface area contributed by atoms with E-state index in [1.165, 1.54) is 17.5 Å². The molecule has 27 heavy (non-hydrogen) atoms. The van der Waals surface area contributed by atoms with Crippen LogP contribution in [0.4, 0.5) is 0 Å². The van der Waals surface area contributed by atoms with E-state index in [0.717, 1.165) is 51.3 Å². The molecule has 0 spiro atoms. The molecule has 2 aromatic rings. The Labute approximate surface area is 161 Å². The quantitative estimate of drug-likeness (QED) is 0.843. The zero-order chi connectivity index (χ0) is 18.6. The van der Waals surface area contributed by atoms with Crippen molar-refractivity contribution in [1.82, 2.24) is 4.90 Å². The second-order valence-electron chi connectivity index (χ2n) is 7.71. The number of aromatic hydroxyl groups is 1. The second-order valence-corrected chi connectivity index (χ2v) is 7.71. The molecular weight excluding hydrogens is 338 g/mol. The fraction of sp³-hybridized carbons (Fsp3) is 0.478. The molecule has 2 aliphatic rings. The van der Waals surface area contributed by atoms with E-state index in [0.29, 0.717) is 17.6 Å². The maximum atomic E-state index is 10.0. The predicted octanol–water partition coefficient (Wildman–Crippen LogP) is 4.54. The Morgan fingerprint density at radius 1 is 1.11 bits per heavy atom. The van der Waals surface area contributed by atoms with Gasteiger partial charge in [-0.05, 0) is 86.5 Å². The van der Waals surface area contributed by atoms with Gasteiger partial charge in [-0.25, -0.2) is 0 Å². The van der Waals surface area contributed by atoms with Crippen molar-refractivity contribution in [3.8, 4) is 17.2 Å². The minimum absolute atomic E-state index is 0.246. The lowest BCUT2D eigenvalue weighted by Crippen LogP contribution is -2.34. The number of hydrogen-bond donors (Lipinski definition) is 1. The van der Waals surface area contributed by atoms with E-state index in [2.05, 4.69) is 35.2 Å². The van der Waals surface area contributed by atoms with Gasteiger partial charge < -0.3 is 19.5 Å². The van der Waals surface area contributed by atoms with Crippen molar-refractivity contribution in [3.05, 3.63) is 53.6 Å². The highest BCUT2D eigenvalue weighted by atomic mass is 16.5. The Kier molecular flexibility index (Phi) is 5.53. The Bertz CT molecular complexity index is 768. The van der Waals surface area contributed by atoms with Crippen molar-refractivity contribution < 1.29 is 14.6 Å². The molecule has 1 fully saturated rings. The molecule has 1 atom stereocenters. The molecule has 1 saturated heterocycles. The van der Waals surface area contributed by atoms with Crippen LogP contribution in [0, 0.1) is 0 Å². The molecule has 144 valence electrons. The first kappa shape index (κ1) is 18.2. The standard InChI is InChI=1S/C23H29NO3/c1-26-23-7-6-19(16-21(23)25)17-8-12-24(13-9-17)14-10-18-11-15-27-22-5-3-2-4-20(18)22/h2-7,16-18,25H,8-15H2,1H3. The summed E-state index contributed by atoms with van der Waals surface area (Å²) >= 11 is 0. The molecule has 0 aliphatic carbocycles. The molecule has 2 aromatic carbocycles. The molecule has 0 amide bonds. The summed E-state index contributed by atoms with van der Waals surface area (Å²) in [4.78, 5) is 2.60. The van der Waals surface area contributed by atoms with Crippen LogP contribution in [0.25, 0.3) is 0 Å². The van der Waals surface area contributed by atoms with Crippen molar-refractivity contribution in [2.45, 2.75) is 37.5 Å². The largest absolute Gasteiger partial charge is 0.504 e. The molecule has 1 N–H and O–H groups in total. The Balaban J connectivity index is 1.30. The summed E-state index contributed by atoms with van der Waals surface area (Å²) in [5, 5.41) is 10.0. The number of likely N-dealkylation sites (tertiary alicyclic amines) is 1. The van der Waals surface area contributed by atoms with E-state index in [1.54, 1.807) is 7.11 Å². The van der Waals surface area contributed by atoms with Gasteiger partial charge in [-0.3, -0.25) is 0 Å². The average molecular weight is 367 g/mol. The lowest BCUT2D eigenvalue weighted by molar-refractivity contribution is 0.194. The maximum Gasteiger partial charge on any atom is 0.160 e. The number of piperidine rings is 1. The number of benzene rings is 2. The zero-order valence-corrected chi connectivity index (χ0v) is 16.1. The van der Waals surface area contributed by atoms with Crippen molar-refractivity contribution in [2.75, 3.05) is 33.4 Å². The van der Waals surface area contributed by atoms with Crippen molar-refractivity contribution in [2.24, 2.45) is 0 Å². The molecule has 0 bridgehead atoms. The Morgan fingerprint density at radius 3 is 2.70 bits per heavy atom. The van der Waals surface area contributed by atoms with E-state index >= 15 is 0 Å². The SMILES string of the molecule is COc1ccc(C2CCN(CCC3CCOc4ccccc43)CC2)cc1O. The van der Waals surface area contributed by atoms with Gasteiger partial charge in [-0.2, -0.15) is 0 Å². The number of phenols is 1. The van der Waals surface area contributed by atoms with Gasteiger partial charge in [0.15, 0.2) is 11.5 Å². The first-order chi connectivity index (χ1) is 13.2. The van der Waals surface area contributed by atoms with Crippen LogP contribution in [0.3, 0.4) is 0 Å². The summed E-state index contributed by atoms with van der Waals surface area (Å²) in [5.74, 6) is 3.02. The molecule has 0 aromatic heterocycles.